The molecule has 0 radical (unpaired) electrons. The van der Waals surface area contributed by atoms with Crippen LogP contribution in [-0.2, 0) is 16.5 Å². The molecule has 5 heteroatoms. The maximum atomic E-state index is 5.46. The number of hydrogen-bond acceptors (Lipinski definition) is 4. The summed E-state index contributed by atoms with van der Waals surface area (Å²) in [4.78, 5) is 1.20. The van der Waals surface area contributed by atoms with Crippen LogP contribution in [-0.4, -0.2) is 35.0 Å². The lowest BCUT2D eigenvalue weighted by Crippen LogP contribution is -2.25. The van der Waals surface area contributed by atoms with Gasteiger partial charge in [0.15, 0.2) is 6.29 Å². The zero-order valence-electron chi connectivity index (χ0n) is 8.89. The quantitative estimate of drug-likeness (QED) is 0.734. The van der Waals surface area contributed by atoms with Crippen LogP contribution in [0, 0.1) is 0 Å². The van der Waals surface area contributed by atoms with E-state index in [2.05, 4.69) is 5.10 Å². The van der Waals surface area contributed by atoms with Crippen LogP contribution in [0.5, 0.6) is 0 Å². The summed E-state index contributed by atoms with van der Waals surface area (Å²) < 4.78 is 12.7. The van der Waals surface area contributed by atoms with E-state index in [0.717, 1.165) is 31.8 Å². The van der Waals surface area contributed by atoms with Crippen molar-refractivity contribution in [3.63, 3.8) is 0 Å². The Morgan fingerprint density at radius 2 is 2.33 bits per heavy atom. The number of rotatable bonds is 4. The lowest BCUT2D eigenvalue weighted by atomic mass is 10.4. The summed E-state index contributed by atoms with van der Waals surface area (Å²) >= 11 is 1.79. The molecule has 0 aromatic carbocycles. The highest BCUT2D eigenvalue weighted by molar-refractivity contribution is 7.99. The van der Waals surface area contributed by atoms with Gasteiger partial charge in [-0.1, -0.05) is 0 Å². The zero-order valence-corrected chi connectivity index (χ0v) is 9.70. The highest BCUT2D eigenvalue weighted by Gasteiger charge is 2.13. The van der Waals surface area contributed by atoms with Crippen molar-refractivity contribution >= 4 is 11.8 Å². The fourth-order valence-electron chi connectivity index (χ4n) is 1.45. The Bertz CT molecular complexity index is 297. The van der Waals surface area contributed by atoms with Gasteiger partial charge in [-0.3, -0.25) is 4.68 Å². The standard InChI is InChI=1S/C10H16N2O2S/c1-12-8-9(7-11-12)15-6-3-10-13-4-2-5-14-10/h7-8,10H,2-6H2,1H3. The molecule has 0 aliphatic carbocycles. The first kappa shape index (κ1) is 11.0. The van der Waals surface area contributed by atoms with Gasteiger partial charge in [0, 0.05) is 30.3 Å². The molecule has 0 amide bonds. The van der Waals surface area contributed by atoms with Crippen molar-refractivity contribution in [3.05, 3.63) is 12.4 Å². The Kier molecular flexibility index (Phi) is 4.05. The highest BCUT2D eigenvalue weighted by Crippen LogP contribution is 2.19. The summed E-state index contributed by atoms with van der Waals surface area (Å²) in [6.45, 7) is 1.67. The third-order valence-electron chi connectivity index (χ3n) is 2.20. The van der Waals surface area contributed by atoms with Crippen molar-refractivity contribution in [2.24, 2.45) is 7.05 Å². The predicted octanol–water partition coefficient (Wildman–Crippen LogP) is 1.67. The molecule has 0 saturated carbocycles. The highest BCUT2D eigenvalue weighted by atomic mass is 32.2. The summed E-state index contributed by atoms with van der Waals surface area (Å²) in [5, 5.41) is 4.12. The number of ether oxygens (including phenoxy) is 2. The molecule has 0 unspecified atom stereocenters. The number of hydrogen-bond donors (Lipinski definition) is 0. The van der Waals surface area contributed by atoms with Crippen LogP contribution in [0.4, 0.5) is 0 Å². The van der Waals surface area contributed by atoms with Gasteiger partial charge in [0.25, 0.3) is 0 Å². The van der Waals surface area contributed by atoms with E-state index in [0.29, 0.717) is 0 Å². The minimum absolute atomic E-state index is 0.00271. The van der Waals surface area contributed by atoms with Crippen molar-refractivity contribution in [1.29, 1.82) is 0 Å². The third kappa shape index (κ3) is 3.52. The van der Waals surface area contributed by atoms with Crippen molar-refractivity contribution < 1.29 is 9.47 Å². The van der Waals surface area contributed by atoms with Crippen LogP contribution in [0.1, 0.15) is 12.8 Å². The second-order valence-electron chi connectivity index (χ2n) is 3.51. The van der Waals surface area contributed by atoms with E-state index in [4.69, 9.17) is 9.47 Å². The Hall–Kier alpha value is -0.520. The van der Waals surface area contributed by atoms with Crippen LogP contribution in [0.25, 0.3) is 0 Å². The summed E-state index contributed by atoms with van der Waals surface area (Å²) in [7, 11) is 1.93. The fourth-order valence-corrected chi connectivity index (χ4v) is 2.34. The van der Waals surface area contributed by atoms with Crippen LogP contribution in [0.3, 0.4) is 0 Å². The average Bonchev–Trinajstić information content (AvgIpc) is 2.66. The molecule has 1 aliphatic heterocycles. The second-order valence-corrected chi connectivity index (χ2v) is 4.68. The fraction of sp³-hybridized carbons (Fsp3) is 0.700. The van der Waals surface area contributed by atoms with Crippen molar-refractivity contribution in [2.45, 2.75) is 24.0 Å². The van der Waals surface area contributed by atoms with Gasteiger partial charge in [-0.25, -0.2) is 0 Å². The van der Waals surface area contributed by atoms with E-state index < -0.39 is 0 Å². The first-order valence-electron chi connectivity index (χ1n) is 5.19. The Balaban J connectivity index is 1.65. The van der Waals surface area contributed by atoms with E-state index in [1.807, 2.05) is 24.1 Å². The first-order valence-corrected chi connectivity index (χ1v) is 6.18. The molecule has 0 bridgehead atoms. The molecule has 84 valence electrons. The van der Waals surface area contributed by atoms with Gasteiger partial charge in [0.2, 0.25) is 0 Å². The van der Waals surface area contributed by atoms with Crippen LogP contribution in [0.2, 0.25) is 0 Å². The molecule has 1 fully saturated rings. The van der Waals surface area contributed by atoms with Crippen LogP contribution >= 0.6 is 11.8 Å². The van der Waals surface area contributed by atoms with Crippen LogP contribution in [0.15, 0.2) is 17.3 Å². The van der Waals surface area contributed by atoms with E-state index >= 15 is 0 Å². The molecule has 0 spiro atoms. The smallest absolute Gasteiger partial charge is 0.158 e. The van der Waals surface area contributed by atoms with Crippen molar-refractivity contribution in [2.75, 3.05) is 19.0 Å². The van der Waals surface area contributed by atoms with E-state index in [1.165, 1.54) is 4.90 Å². The van der Waals surface area contributed by atoms with Crippen molar-refractivity contribution in [3.8, 4) is 0 Å². The maximum Gasteiger partial charge on any atom is 0.158 e. The van der Waals surface area contributed by atoms with E-state index in [1.54, 1.807) is 11.8 Å². The molecule has 1 aliphatic rings. The van der Waals surface area contributed by atoms with Crippen molar-refractivity contribution in [1.82, 2.24) is 9.78 Å². The molecule has 0 atom stereocenters. The second kappa shape index (κ2) is 5.53. The molecular weight excluding hydrogens is 212 g/mol. The Labute approximate surface area is 93.9 Å². The van der Waals surface area contributed by atoms with Gasteiger partial charge in [-0.15, -0.1) is 11.8 Å². The number of nitrogens with zero attached hydrogens (tertiary/aromatic N) is 2. The van der Waals surface area contributed by atoms with Gasteiger partial charge in [-0.2, -0.15) is 5.10 Å². The van der Waals surface area contributed by atoms with E-state index in [-0.39, 0.29) is 6.29 Å². The van der Waals surface area contributed by atoms with Gasteiger partial charge in [0.05, 0.1) is 19.4 Å². The molecule has 2 heterocycles. The predicted molar refractivity (Wildman–Crippen MR) is 58.9 cm³/mol. The molecule has 1 saturated heterocycles. The lowest BCUT2D eigenvalue weighted by molar-refractivity contribution is -0.178. The normalized spacial score (nSPS) is 18.2. The summed E-state index contributed by atoms with van der Waals surface area (Å²) in [5.74, 6) is 1.01. The summed E-state index contributed by atoms with van der Waals surface area (Å²) in [6.07, 6.45) is 5.87. The summed E-state index contributed by atoms with van der Waals surface area (Å²) in [5.41, 5.74) is 0. The molecule has 2 rings (SSSR count). The monoisotopic (exact) mass is 228 g/mol. The molecule has 15 heavy (non-hydrogen) atoms. The molecular formula is C10H16N2O2S. The van der Waals surface area contributed by atoms with Crippen LogP contribution < -0.4 is 0 Å². The zero-order chi connectivity index (χ0) is 10.5. The van der Waals surface area contributed by atoms with Gasteiger partial charge in [0.1, 0.15) is 0 Å². The molecule has 1 aromatic rings. The molecule has 4 nitrogen and oxygen atoms in total. The number of aryl methyl sites for hydroxylation is 1. The van der Waals surface area contributed by atoms with Gasteiger partial charge >= 0.3 is 0 Å². The Morgan fingerprint density at radius 1 is 1.53 bits per heavy atom. The average molecular weight is 228 g/mol. The minimum atomic E-state index is 0.00271. The third-order valence-corrected chi connectivity index (χ3v) is 3.18. The maximum absolute atomic E-state index is 5.46. The van der Waals surface area contributed by atoms with Gasteiger partial charge < -0.3 is 9.47 Å². The first-order chi connectivity index (χ1) is 7.34. The Morgan fingerprint density at radius 3 is 3.00 bits per heavy atom. The molecule has 0 N–H and O–H groups in total. The topological polar surface area (TPSA) is 36.3 Å². The number of thioether (sulfide) groups is 1. The largest absolute Gasteiger partial charge is 0.353 e. The van der Waals surface area contributed by atoms with Gasteiger partial charge in [-0.05, 0) is 6.42 Å². The van der Waals surface area contributed by atoms with E-state index in [9.17, 15) is 0 Å². The minimum Gasteiger partial charge on any atom is -0.353 e. The number of aromatic nitrogens is 2. The lowest BCUT2D eigenvalue weighted by Gasteiger charge is -2.22. The SMILES string of the molecule is Cn1cc(SCCC2OCCCO2)cn1. The summed E-state index contributed by atoms with van der Waals surface area (Å²) in [6, 6.07) is 0. The molecule has 1 aromatic heterocycles.